The molecule has 2 rings (SSSR count). The highest BCUT2D eigenvalue weighted by Gasteiger charge is 2.03. The molecule has 0 amide bonds. The van der Waals surface area contributed by atoms with E-state index in [4.69, 9.17) is 0 Å². The van der Waals surface area contributed by atoms with Crippen LogP contribution in [0.25, 0.3) is 10.8 Å². The van der Waals surface area contributed by atoms with Crippen LogP contribution in [0.1, 0.15) is 11.7 Å². The molecule has 1 aromatic carbocycles. The smallest absolute Gasteiger partial charge is 0.265 e. The summed E-state index contributed by atoms with van der Waals surface area (Å²) in [6.45, 7) is 1.37. The second-order valence-electron chi connectivity index (χ2n) is 3.10. The molecule has 0 bridgehead atoms. The largest absolute Gasteiger partial charge is 0.274 e. The van der Waals surface area contributed by atoms with Gasteiger partial charge in [0.05, 0.1) is 0 Å². The number of nitrogens with zero attached hydrogens (tertiary/aromatic N) is 1. The highest BCUT2D eigenvalue weighted by Crippen LogP contribution is 2.07. The minimum absolute atomic E-state index is 0.254. The van der Waals surface area contributed by atoms with Gasteiger partial charge in [-0.3, -0.25) is 14.2 Å². The van der Waals surface area contributed by atoms with Crippen LogP contribution in [0.3, 0.4) is 0 Å². The average Bonchev–Trinajstić information content (AvgIpc) is 2.18. The highest BCUT2D eigenvalue weighted by atomic mass is 16.2. The lowest BCUT2D eigenvalue weighted by Gasteiger charge is -2.01. The van der Waals surface area contributed by atoms with E-state index in [1.807, 2.05) is 12.1 Å². The van der Waals surface area contributed by atoms with E-state index in [0.717, 1.165) is 9.95 Å². The van der Waals surface area contributed by atoms with Crippen molar-refractivity contribution in [1.29, 1.82) is 0 Å². The van der Waals surface area contributed by atoms with Gasteiger partial charge in [0, 0.05) is 18.5 Å². The van der Waals surface area contributed by atoms with E-state index in [2.05, 4.69) is 0 Å². The van der Waals surface area contributed by atoms with Crippen LogP contribution < -0.4 is 5.56 Å². The van der Waals surface area contributed by atoms with Crippen molar-refractivity contribution in [3.05, 3.63) is 46.9 Å². The van der Waals surface area contributed by atoms with Crippen molar-refractivity contribution in [2.24, 2.45) is 0 Å². The van der Waals surface area contributed by atoms with Crippen molar-refractivity contribution < 1.29 is 4.79 Å². The molecule has 0 aliphatic carbocycles. The summed E-state index contributed by atoms with van der Waals surface area (Å²) in [5.41, 5.74) is -0.254. The first-order valence-corrected chi connectivity index (χ1v) is 4.31. The van der Waals surface area contributed by atoms with Crippen LogP contribution in [0.4, 0.5) is 0 Å². The number of benzene rings is 1. The number of carbonyl (C=O) groups excluding carboxylic acids is 1. The Kier molecular flexibility index (Phi) is 1.93. The van der Waals surface area contributed by atoms with E-state index in [9.17, 15) is 9.59 Å². The van der Waals surface area contributed by atoms with Gasteiger partial charge in [-0.05, 0) is 17.5 Å². The monoisotopic (exact) mass is 187 g/mol. The number of aromatic nitrogens is 1. The van der Waals surface area contributed by atoms with Gasteiger partial charge in [-0.15, -0.1) is 0 Å². The summed E-state index contributed by atoms with van der Waals surface area (Å²) < 4.78 is 1.11. The zero-order chi connectivity index (χ0) is 10.1. The van der Waals surface area contributed by atoms with Gasteiger partial charge < -0.3 is 0 Å². The van der Waals surface area contributed by atoms with Gasteiger partial charge in [0.25, 0.3) is 5.56 Å². The molecule has 0 aliphatic heterocycles. The molecule has 0 N–H and O–H groups in total. The predicted molar refractivity (Wildman–Crippen MR) is 54.5 cm³/mol. The van der Waals surface area contributed by atoms with Crippen molar-refractivity contribution in [1.82, 2.24) is 4.57 Å². The summed E-state index contributed by atoms with van der Waals surface area (Å²) in [5, 5.41) is 1.43. The summed E-state index contributed by atoms with van der Waals surface area (Å²) in [7, 11) is 0. The molecule has 1 heterocycles. The Morgan fingerprint density at radius 2 is 1.93 bits per heavy atom. The maximum Gasteiger partial charge on any atom is 0.265 e. The first-order valence-electron chi connectivity index (χ1n) is 4.31. The quantitative estimate of drug-likeness (QED) is 0.629. The summed E-state index contributed by atoms with van der Waals surface area (Å²) in [4.78, 5) is 22.8. The van der Waals surface area contributed by atoms with Crippen LogP contribution >= 0.6 is 0 Å². The molecule has 0 radical (unpaired) electrons. The van der Waals surface area contributed by atoms with Crippen molar-refractivity contribution in [2.45, 2.75) is 6.92 Å². The van der Waals surface area contributed by atoms with Crippen LogP contribution in [-0.2, 0) is 0 Å². The zero-order valence-electron chi connectivity index (χ0n) is 7.73. The van der Waals surface area contributed by atoms with Gasteiger partial charge in [0.15, 0.2) is 0 Å². The number of pyridine rings is 1. The summed E-state index contributed by atoms with van der Waals surface area (Å²) in [6.07, 6.45) is 1.51. The van der Waals surface area contributed by atoms with Gasteiger partial charge in [-0.1, -0.05) is 18.2 Å². The molecule has 0 spiro atoms. The third kappa shape index (κ3) is 1.23. The topological polar surface area (TPSA) is 39.1 Å². The Balaban J connectivity index is 2.89. The molecule has 70 valence electrons. The molecule has 3 nitrogen and oxygen atoms in total. The first-order chi connectivity index (χ1) is 6.70. The van der Waals surface area contributed by atoms with E-state index in [1.165, 1.54) is 13.1 Å². The van der Waals surface area contributed by atoms with Gasteiger partial charge in [-0.2, -0.15) is 0 Å². The molecule has 0 unspecified atom stereocenters. The predicted octanol–water partition coefficient (Wildman–Crippen LogP) is 1.66. The number of hydrogen-bond donors (Lipinski definition) is 0. The molecule has 0 aliphatic rings. The Labute approximate surface area is 80.6 Å². The molecular weight excluding hydrogens is 178 g/mol. The molecule has 0 saturated carbocycles. The Morgan fingerprint density at radius 3 is 2.64 bits per heavy atom. The first kappa shape index (κ1) is 8.69. The van der Waals surface area contributed by atoms with Crippen molar-refractivity contribution in [3.63, 3.8) is 0 Å². The summed E-state index contributed by atoms with van der Waals surface area (Å²) in [6, 6.07) is 8.98. The van der Waals surface area contributed by atoms with E-state index in [-0.39, 0.29) is 11.5 Å². The molecule has 1 aromatic heterocycles. The number of carbonyl (C=O) groups is 1. The molecule has 0 saturated heterocycles. The SMILES string of the molecule is CC(=O)n1ccc2ccccc2c1=O. The molecular formula is C11H9NO2. The summed E-state index contributed by atoms with van der Waals surface area (Å²) in [5.74, 6) is -0.263. The maximum absolute atomic E-state index is 11.7. The van der Waals surface area contributed by atoms with E-state index >= 15 is 0 Å². The molecule has 14 heavy (non-hydrogen) atoms. The van der Waals surface area contributed by atoms with Gasteiger partial charge in [0.1, 0.15) is 0 Å². The normalized spacial score (nSPS) is 10.4. The lowest BCUT2D eigenvalue weighted by molar-refractivity contribution is 0.0933. The van der Waals surface area contributed by atoms with E-state index < -0.39 is 0 Å². The second-order valence-corrected chi connectivity index (χ2v) is 3.10. The zero-order valence-corrected chi connectivity index (χ0v) is 7.73. The van der Waals surface area contributed by atoms with Crippen LogP contribution in [0, 0.1) is 0 Å². The second kappa shape index (κ2) is 3.10. The summed E-state index contributed by atoms with van der Waals surface area (Å²) >= 11 is 0. The third-order valence-electron chi connectivity index (χ3n) is 2.15. The van der Waals surface area contributed by atoms with Gasteiger partial charge in [-0.25, -0.2) is 0 Å². The number of fused-ring (bicyclic) bond motifs is 1. The fourth-order valence-corrected chi connectivity index (χ4v) is 1.44. The maximum atomic E-state index is 11.7. The lowest BCUT2D eigenvalue weighted by Crippen LogP contribution is -2.23. The Bertz CT molecular complexity index is 554. The Morgan fingerprint density at radius 1 is 1.21 bits per heavy atom. The van der Waals surface area contributed by atoms with Gasteiger partial charge in [0.2, 0.25) is 5.91 Å². The number of rotatable bonds is 0. The van der Waals surface area contributed by atoms with E-state index in [1.54, 1.807) is 18.2 Å². The molecule has 2 aromatic rings. The lowest BCUT2D eigenvalue weighted by atomic mass is 10.2. The molecule has 0 fully saturated rings. The van der Waals surface area contributed by atoms with Crippen LogP contribution in [0.2, 0.25) is 0 Å². The van der Waals surface area contributed by atoms with Crippen molar-refractivity contribution >= 4 is 16.7 Å². The number of hydrogen-bond acceptors (Lipinski definition) is 2. The molecule has 0 atom stereocenters. The van der Waals surface area contributed by atoms with Crippen LogP contribution in [0.5, 0.6) is 0 Å². The fraction of sp³-hybridized carbons (Fsp3) is 0.0909. The minimum atomic E-state index is -0.263. The fourth-order valence-electron chi connectivity index (χ4n) is 1.44. The van der Waals surface area contributed by atoms with Crippen LogP contribution in [-0.4, -0.2) is 10.5 Å². The average molecular weight is 187 g/mol. The third-order valence-corrected chi connectivity index (χ3v) is 2.15. The van der Waals surface area contributed by atoms with Crippen LogP contribution in [0.15, 0.2) is 41.3 Å². The van der Waals surface area contributed by atoms with E-state index in [0.29, 0.717) is 5.39 Å². The van der Waals surface area contributed by atoms with Crippen molar-refractivity contribution in [2.75, 3.05) is 0 Å². The minimum Gasteiger partial charge on any atom is -0.274 e. The van der Waals surface area contributed by atoms with Gasteiger partial charge >= 0.3 is 0 Å². The standard InChI is InChI=1S/C11H9NO2/c1-8(13)12-7-6-9-4-2-3-5-10(9)11(12)14/h2-7H,1H3. The molecule has 3 heteroatoms. The Hall–Kier alpha value is -1.90. The highest BCUT2D eigenvalue weighted by molar-refractivity contribution is 5.85. The van der Waals surface area contributed by atoms with Crippen molar-refractivity contribution in [3.8, 4) is 0 Å².